The molecule has 1 aromatic carbocycles. The van der Waals surface area contributed by atoms with Crippen LogP contribution in [0.25, 0.3) is 0 Å². The number of rotatable bonds is 6. The number of benzene rings is 1. The number of cyclic esters (lactones) is 1. The van der Waals surface area contributed by atoms with Gasteiger partial charge in [0.1, 0.15) is 6.61 Å². The Bertz CT molecular complexity index is 770. The van der Waals surface area contributed by atoms with Gasteiger partial charge in [-0.3, -0.25) is 4.90 Å². The third kappa shape index (κ3) is 3.72. The number of carbonyl (C=O) groups excluding carboxylic acids is 1. The number of sulfonamides is 1. The molecule has 0 spiro atoms. The van der Waals surface area contributed by atoms with E-state index in [2.05, 4.69) is 4.72 Å². The first kappa shape index (κ1) is 16.0. The molecule has 0 aliphatic carbocycles. The van der Waals surface area contributed by atoms with E-state index >= 15 is 0 Å². The number of hydrogen-bond acceptors (Lipinski definition) is 5. The summed E-state index contributed by atoms with van der Waals surface area (Å²) in [5.74, 6) is 0. The normalized spacial score (nSPS) is 15.0. The van der Waals surface area contributed by atoms with E-state index < -0.39 is 16.1 Å². The molecule has 6 nitrogen and oxygen atoms in total. The lowest BCUT2D eigenvalue weighted by atomic mass is 10.3. The molecule has 2 aromatic rings. The molecule has 1 N–H and O–H groups in total. The highest BCUT2D eigenvalue weighted by Gasteiger charge is 2.24. The van der Waals surface area contributed by atoms with E-state index in [9.17, 15) is 13.2 Å². The van der Waals surface area contributed by atoms with Gasteiger partial charge in [0, 0.05) is 17.1 Å². The monoisotopic (exact) mass is 352 g/mol. The van der Waals surface area contributed by atoms with Crippen molar-refractivity contribution >= 4 is 33.1 Å². The van der Waals surface area contributed by atoms with E-state index in [-0.39, 0.29) is 4.90 Å². The molecule has 1 aromatic heterocycles. The van der Waals surface area contributed by atoms with Crippen LogP contribution in [-0.4, -0.2) is 34.2 Å². The quantitative estimate of drug-likeness (QED) is 0.865. The number of amides is 1. The fourth-order valence-electron chi connectivity index (χ4n) is 2.28. The largest absolute Gasteiger partial charge is 0.447 e. The van der Waals surface area contributed by atoms with Gasteiger partial charge in [-0.1, -0.05) is 6.07 Å². The summed E-state index contributed by atoms with van der Waals surface area (Å²) in [5.41, 5.74) is 0.630. The molecule has 8 heteroatoms. The van der Waals surface area contributed by atoms with Gasteiger partial charge in [-0.2, -0.15) is 0 Å². The van der Waals surface area contributed by atoms with Crippen molar-refractivity contribution in [3.8, 4) is 0 Å². The first-order chi connectivity index (χ1) is 11.1. The minimum atomic E-state index is -3.55. The molecule has 1 saturated heterocycles. The van der Waals surface area contributed by atoms with Gasteiger partial charge in [-0.05, 0) is 42.1 Å². The Labute approximate surface area is 138 Å². The van der Waals surface area contributed by atoms with Crippen LogP contribution in [0.1, 0.15) is 4.88 Å². The Hall–Kier alpha value is -1.90. The molecule has 0 radical (unpaired) electrons. The first-order valence-electron chi connectivity index (χ1n) is 7.13. The van der Waals surface area contributed by atoms with Crippen LogP contribution in [-0.2, 0) is 21.2 Å². The van der Waals surface area contributed by atoms with Crippen LogP contribution >= 0.6 is 11.3 Å². The second-order valence-electron chi connectivity index (χ2n) is 4.99. The molecule has 1 fully saturated rings. The average Bonchev–Trinajstić information content (AvgIpc) is 3.19. The number of ether oxygens (including phenoxy) is 1. The average molecular weight is 352 g/mol. The second kappa shape index (κ2) is 6.69. The summed E-state index contributed by atoms with van der Waals surface area (Å²) in [4.78, 5) is 14.3. The summed E-state index contributed by atoms with van der Waals surface area (Å²) in [6, 6.07) is 10.1. The fourth-order valence-corrected chi connectivity index (χ4v) is 4.02. The van der Waals surface area contributed by atoms with Crippen molar-refractivity contribution in [2.45, 2.75) is 11.3 Å². The lowest BCUT2D eigenvalue weighted by Gasteiger charge is -2.13. The van der Waals surface area contributed by atoms with Crippen LogP contribution in [0.5, 0.6) is 0 Å². The number of nitrogens with zero attached hydrogens (tertiary/aromatic N) is 1. The Morgan fingerprint density at radius 3 is 2.61 bits per heavy atom. The predicted octanol–water partition coefficient (Wildman–Crippen LogP) is 2.23. The zero-order chi connectivity index (χ0) is 16.3. The molecule has 23 heavy (non-hydrogen) atoms. The molecule has 122 valence electrons. The molecular weight excluding hydrogens is 336 g/mol. The third-order valence-electron chi connectivity index (χ3n) is 3.46. The number of nitrogens with one attached hydrogen (secondary N) is 1. The second-order valence-corrected chi connectivity index (χ2v) is 7.79. The molecule has 2 heterocycles. The van der Waals surface area contributed by atoms with Crippen LogP contribution in [0.3, 0.4) is 0 Å². The Morgan fingerprint density at radius 2 is 2.00 bits per heavy atom. The van der Waals surface area contributed by atoms with E-state index in [0.717, 1.165) is 4.88 Å². The van der Waals surface area contributed by atoms with Crippen molar-refractivity contribution < 1.29 is 17.9 Å². The molecule has 0 bridgehead atoms. The molecular formula is C15H16N2O4S2. The van der Waals surface area contributed by atoms with Crippen molar-refractivity contribution in [2.75, 3.05) is 24.6 Å². The van der Waals surface area contributed by atoms with E-state index in [0.29, 0.717) is 31.8 Å². The molecule has 1 amide bonds. The Kier molecular flexibility index (Phi) is 4.65. The van der Waals surface area contributed by atoms with Crippen LogP contribution < -0.4 is 9.62 Å². The summed E-state index contributed by atoms with van der Waals surface area (Å²) in [6.45, 7) is 1.18. The highest BCUT2D eigenvalue weighted by Crippen LogP contribution is 2.21. The summed E-state index contributed by atoms with van der Waals surface area (Å²) < 4.78 is 31.9. The SMILES string of the molecule is O=C1OCCN1c1ccc(S(=O)(=O)NCCc2cccs2)cc1. The topological polar surface area (TPSA) is 75.7 Å². The molecule has 0 unspecified atom stereocenters. The van der Waals surface area contributed by atoms with Gasteiger partial charge in [0.05, 0.1) is 11.4 Å². The summed E-state index contributed by atoms with van der Waals surface area (Å²) in [6.07, 6.45) is 0.254. The summed E-state index contributed by atoms with van der Waals surface area (Å²) in [7, 11) is -3.55. The maximum Gasteiger partial charge on any atom is 0.414 e. The smallest absolute Gasteiger partial charge is 0.414 e. The van der Waals surface area contributed by atoms with E-state index in [1.807, 2.05) is 17.5 Å². The number of anilines is 1. The highest BCUT2D eigenvalue weighted by atomic mass is 32.2. The fraction of sp³-hybridized carbons (Fsp3) is 0.267. The molecule has 1 aliphatic heterocycles. The molecule has 3 rings (SSSR count). The van der Waals surface area contributed by atoms with Crippen LogP contribution in [0.4, 0.5) is 10.5 Å². The van der Waals surface area contributed by atoms with Gasteiger partial charge in [0.25, 0.3) is 0 Å². The number of hydrogen-bond donors (Lipinski definition) is 1. The standard InChI is InChI=1S/C15H16N2O4S2/c18-15-17(9-10-21-15)12-3-5-14(6-4-12)23(19,20)16-8-7-13-2-1-11-22-13/h1-6,11,16H,7-10H2. The molecule has 1 aliphatic rings. The van der Waals surface area contributed by atoms with E-state index in [1.165, 1.54) is 17.0 Å². The minimum Gasteiger partial charge on any atom is -0.447 e. The Balaban J connectivity index is 1.64. The minimum absolute atomic E-state index is 0.181. The first-order valence-corrected chi connectivity index (χ1v) is 9.49. The van der Waals surface area contributed by atoms with Gasteiger partial charge in [-0.25, -0.2) is 17.9 Å². The van der Waals surface area contributed by atoms with Crippen molar-refractivity contribution in [2.24, 2.45) is 0 Å². The predicted molar refractivity (Wildman–Crippen MR) is 88.3 cm³/mol. The lowest BCUT2D eigenvalue weighted by molar-refractivity contribution is 0.181. The van der Waals surface area contributed by atoms with Gasteiger partial charge in [0.2, 0.25) is 10.0 Å². The van der Waals surface area contributed by atoms with Crippen molar-refractivity contribution in [3.63, 3.8) is 0 Å². The van der Waals surface area contributed by atoms with Crippen LogP contribution in [0.15, 0.2) is 46.7 Å². The zero-order valence-corrected chi connectivity index (χ0v) is 13.9. The Morgan fingerprint density at radius 1 is 1.22 bits per heavy atom. The summed E-state index contributed by atoms with van der Waals surface area (Å²) >= 11 is 1.60. The number of carbonyl (C=O) groups is 1. The van der Waals surface area contributed by atoms with Gasteiger partial charge in [-0.15, -0.1) is 11.3 Å². The maximum atomic E-state index is 12.2. The lowest BCUT2D eigenvalue weighted by Crippen LogP contribution is -2.26. The van der Waals surface area contributed by atoms with Crippen LogP contribution in [0, 0.1) is 0 Å². The third-order valence-corrected chi connectivity index (χ3v) is 5.88. The summed E-state index contributed by atoms with van der Waals surface area (Å²) in [5, 5.41) is 1.96. The molecule has 0 atom stereocenters. The highest BCUT2D eigenvalue weighted by molar-refractivity contribution is 7.89. The van der Waals surface area contributed by atoms with Crippen molar-refractivity contribution in [1.29, 1.82) is 0 Å². The maximum absolute atomic E-state index is 12.2. The van der Waals surface area contributed by atoms with Crippen molar-refractivity contribution in [1.82, 2.24) is 4.72 Å². The van der Waals surface area contributed by atoms with Gasteiger partial charge in [0.15, 0.2) is 0 Å². The van der Waals surface area contributed by atoms with E-state index in [4.69, 9.17) is 4.74 Å². The zero-order valence-electron chi connectivity index (χ0n) is 12.3. The van der Waals surface area contributed by atoms with Gasteiger partial charge < -0.3 is 4.74 Å². The van der Waals surface area contributed by atoms with Crippen LogP contribution in [0.2, 0.25) is 0 Å². The number of thiophene rings is 1. The van der Waals surface area contributed by atoms with E-state index in [1.54, 1.807) is 23.5 Å². The van der Waals surface area contributed by atoms with Crippen molar-refractivity contribution in [3.05, 3.63) is 46.7 Å². The van der Waals surface area contributed by atoms with Gasteiger partial charge >= 0.3 is 6.09 Å². The molecule has 0 saturated carbocycles.